The minimum atomic E-state index is -0.123. The number of nitrogens with zero attached hydrogens (tertiary/aromatic N) is 3. The summed E-state index contributed by atoms with van der Waals surface area (Å²) in [6.45, 7) is 1.93. The molecule has 1 N–H and O–H groups in total. The van der Waals surface area contributed by atoms with Gasteiger partial charge in [-0.15, -0.1) is 0 Å². The molecule has 0 aromatic carbocycles. The van der Waals surface area contributed by atoms with E-state index in [4.69, 9.17) is 0 Å². The zero-order chi connectivity index (χ0) is 12.3. The first-order valence-corrected chi connectivity index (χ1v) is 5.36. The molecule has 1 unspecified atom stereocenters. The summed E-state index contributed by atoms with van der Waals surface area (Å²) in [7, 11) is 1.78. The van der Waals surface area contributed by atoms with Crippen LogP contribution in [0.15, 0.2) is 36.9 Å². The van der Waals surface area contributed by atoms with Gasteiger partial charge < -0.3 is 5.32 Å². The van der Waals surface area contributed by atoms with Crippen molar-refractivity contribution in [3.05, 3.63) is 48.0 Å². The smallest absolute Gasteiger partial charge is 0.254 e. The molecule has 0 aliphatic heterocycles. The molecule has 0 aliphatic carbocycles. The van der Waals surface area contributed by atoms with Crippen molar-refractivity contribution in [1.82, 2.24) is 20.1 Å². The van der Waals surface area contributed by atoms with Crippen molar-refractivity contribution in [1.29, 1.82) is 0 Å². The molecule has 88 valence electrons. The van der Waals surface area contributed by atoms with Crippen molar-refractivity contribution in [3.8, 4) is 0 Å². The topological polar surface area (TPSA) is 59.8 Å². The number of carbonyl (C=O) groups is 1. The Hall–Kier alpha value is -2.17. The van der Waals surface area contributed by atoms with Gasteiger partial charge in [0.25, 0.3) is 5.91 Å². The van der Waals surface area contributed by atoms with Crippen LogP contribution in [0.1, 0.15) is 28.9 Å². The van der Waals surface area contributed by atoms with Crippen LogP contribution in [0, 0.1) is 0 Å². The zero-order valence-corrected chi connectivity index (χ0v) is 9.79. The monoisotopic (exact) mass is 230 g/mol. The lowest BCUT2D eigenvalue weighted by Crippen LogP contribution is -2.26. The molecule has 0 saturated heterocycles. The van der Waals surface area contributed by atoms with Gasteiger partial charge in [0.15, 0.2) is 0 Å². The van der Waals surface area contributed by atoms with E-state index < -0.39 is 0 Å². The highest BCUT2D eigenvalue weighted by Crippen LogP contribution is 2.11. The molecule has 0 aliphatic rings. The van der Waals surface area contributed by atoms with Crippen LogP contribution in [0.3, 0.4) is 0 Å². The number of aryl methyl sites for hydroxylation is 1. The fraction of sp³-hybridized carbons (Fsp3) is 0.250. The number of pyridine rings is 1. The highest BCUT2D eigenvalue weighted by molar-refractivity contribution is 5.93. The maximum atomic E-state index is 11.9. The van der Waals surface area contributed by atoms with Crippen LogP contribution in [0.25, 0.3) is 0 Å². The van der Waals surface area contributed by atoms with E-state index in [2.05, 4.69) is 15.4 Å². The van der Waals surface area contributed by atoms with E-state index >= 15 is 0 Å². The third kappa shape index (κ3) is 2.69. The van der Waals surface area contributed by atoms with Crippen LogP contribution in [-0.2, 0) is 7.05 Å². The standard InChI is InChI=1S/C12H14N4O/c1-9(10-3-5-13-6-4-10)15-12(17)11-7-14-16(2)8-11/h3-9H,1-2H3,(H,15,17). The lowest BCUT2D eigenvalue weighted by atomic mass is 10.1. The summed E-state index contributed by atoms with van der Waals surface area (Å²) in [6.07, 6.45) is 6.66. The van der Waals surface area contributed by atoms with Crippen LogP contribution in [0.2, 0.25) is 0 Å². The SMILES string of the molecule is CC(NC(=O)c1cnn(C)c1)c1ccncc1. The van der Waals surface area contributed by atoms with Gasteiger partial charge in [-0.25, -0.2) is 0 Å². The highest BCUT2D eigenvalue weighted by Gasteiger charge is 2.12. The Kier molecular flexibility index (Phi) is 3.18. The molecule has 5 nitrogen and oxygen atoms in total. The summed E-state index contributed by atoms with van der Waals surface area (Å²) in [5.74, 6) is -0.123. The predicted octanol–water partition coefficient (Wildman–Crippen LogP) is 1.31. The van der Waals surface area contributed by atoms with Crippen LogP contribution < -0.4 is 5.32 Å². The maximum absolute atomic E-state index is 11.9. The third-order valence-corrected chi connectivity index (χ3v) is 2.52. The molecule has 1 amide bonds. The maximum Gasteiger partial charge on any atom is 0.254 e. The lowest BCUT2D eigenvalue weighted by Gasteiger charge is -2.13. The van der Waals surface area contributed by atoms with E-state index in [1.54, 1.807) is 36.5 Å². The average molecular weight is 230 g/mol. The Morgan fingerprint density at radius 3 is 2.71 bits per heavy atom. The summed E-state index contributed by atoms with van der Waals surface area (Å²) in [5.41, 5.74) is 1.59. The summed E-state index contributed by atoms with van der Waals surface area (Å²) < 4.78 is 1.60. The number of aromatic nitrogens is 3. The molecule has 2 heterocycles. The number of amides is 1. The first-order chi connectivity index (χ1) is 8.16. The third-order valence-electron chi connectivity index (χ3n) is 2.52. The number of carbonyl (C=O) groups excluding carboxylic acids is 1. The molecule has 0 spiro atoms. The number of rotatable bonds is 3. The van der Waals surface area contributed by atoms with Gasteiger partial charge in [-0.05, 0) is 24.6 Å². The molecular weight excluding hydrogens is 216 g/mol. The molecule has 2 aromatic rings. The molecular formula is C12H14N4O. The van der Waals surface area contributed by atoms with Gasteiger partial charge in [-0.3, -0.25) is 14.5 Å². The fourth-order valence-electron chi connectivity index (χ4n) is 1.55. The Labute approximate surface area is 99.5 Å². The average Bonchev–Trinajstić information content (AvgIpc) is 2.77. The summed E-state index contributed by atoms with van der Waals surface area (Å²) in [6, 6.07) is 3.72. The second-order valence-electron chi connectivity index (χ2n) is 3.88. The van der Waals surface area contributed by atoms with Crippen LogP contribution in [0.4, 0.5) is 0 Å². The van der Waals surface area contributed by atoms with Gasteiger partial charge in [0, 0.05) is 25.6 Å². The van der Waals surface area contributed by atoms with Crippen molar-refractivity contribution >= 4 is 5.91 Å². The molecule has 17 heavy (non-hydrogen) atoms. The Bertz CT molecular complexity index is 506. The van der Waals surface area contributed by atoms with E-state index in [1.807, 2.05) is 19.1 Å². The zero-order valence-electron chi connectivity index (χ0n) is 9.79. The molecule has 0 saturated carbocycles. The Morgan fingerprint density at radius 1 is 1.41 bits per heavy atom. The normalized spacial score (nSPS) is 12.1. The van der Waals surface area contributed by atoms with Crippen molar-refractivity contribution in [2.75, 3.05) is 0 Å². The van der Waals surface area contributed by atoms with Crippen LogP contribution in [-0.4, -0.2) is 20.7 Å². The summed E-state index contributed by atoms with van der Waals surface area (Å²) in [4.78, 5) is 15.8. The van der Waals surface area contributed by atoms with Crippen molar-refractivity contribution in [2.45, 2.75) is 13.0 Å². The minimum absolute atomic E-state index is 0.0503. The van der Waals surface area contributed by atoms with Crippen molar-refractivity contribution in [2.24, 2.45) is 7.05 Å². The largest absolute Gasteiger partial charge is 0.345 e. The second kappa shape index (κ2) is 4.78. The van der Waals surface area contributed by atoms with Gasteiger partial charge in [-0.2, -0.15) is 5.10 Å². The van der Waals surface area contributed by atoms with E-state index in [0.717, 1.165) is 5.56 Å². The van der Waals surface area contributed by atoms with Gasteiger partial charge in [0.05, 0.1) is 17.8 Å². The molecule has 5 heteroatoms. The summed E-state index contributed by atoms with van der Waals surface area (Å²) >= 11 is 0. The first kappa shape index (κ1) is 11.3. The second-order valence-corrected chi connectivity index (χ2v) is 3.88. The highest BCUT2D eigenvalue weighted by atomic mass is 16.1. The van der Waals surface area contributed by atoms with Crippen LogP contribution >= 0.6 is 0 Å². The lowest BCUT2D eigenvalue weighted by molar-refractivity contribution is 0.0940. The fourth-order valence-corrected chi connectivity index (χ4v) is 1.55. The molecule has 0 bridgehead atoms. The Balaban J connectivity index is 2.04. The van der Waals surface area contributed by atoms with Gasteiger partial charge in [0.2, 0.25) is 0 Å². The van der Waals surface area contributed by atoms with Gasteiger partial charge in [0.1, 0.15) is 0 Å². The number of hydrogen-bond acceptors (Lipinski definition) is 3. The number of hydrogen-bond donors (Lipinski definition) is 1. The molecule has 0 fully saturated rings. The molecule has 2 aromatic heterocycles. The summed E-state index contributed by atoms with van der Waals surface area (Å²) in [5, 5.41) is 6.87. The number of nitrogens with one attached hydrogen (secondary N) is 1. The Morgan fingerprint density at radius 2 is 2.12 bits per heavy atom. The molecule has 0 radical (unpaired) electrons. The van der Waals surface area contributed by atoms with E-state index in [1.165, 1.54) is 0 Å². The van der Waals surface area contributed by atoms with E-state index in [0.29, 0.717) is 5.56 Å². The first-order valence-electron chi connectivity index (χ1n) is 5.36. The van der Waals surface area contributed by atoms with E-state index in [-0.39, 0.29) is 11.9 Å². The quantitative estimate of drug-likeness (QED) is 0.864. The van der Waals surface area contributed by atoms with Crippen molar-refractivity contribution in [3.63, 3.8) is 0 Å². The van der Waals surface area contributed by atoms with Gasteiger partial charge >= 0.3 is 0 Å². The molecule has 1 atom stereocenters. The molecule has 2 rings (SSSR count). The van der Waals surface area contributed by atoms with Gasteiger partial charge in [-0.1, -0.05) is 0 Å². The van der Waals surface area contributed by atoms with Crippen LogP contribution in [0.5, 0.6) is 0 Å². The predicted molar refractivity (Wildman–Crippen MR) is 63.3 cm³/mol. The minimum Gasteiger partial charge on any atom is -0.345 e. The van der Waals surface area contributed by atoms with E-state index in [9.17, 15) is 4.79 Å². The van der Waals surface area contributed by atoms with Crippen molar-refractivity contribution < 1.29 is 4.79 Å².